The molecular weight excluding hydrogens is 268 g/mol. The monoisotopic (exact) mass is 286 g/mol. The van der Waals surface area contributed by atoms with Crippen LogP contribution < -0.4 is 11.1 Å². The van der Waals surface area contributed by atoms with Gasteiger partial charge in [0.1, 0.15) is 5.60 Å². The summed E-state index contributed by atoms with van der Waals surface area (Å²) in [6.07, 6.45) is -1.50. The van der Waals surface area contributed by atoms with E-state index < -0.39 is 17.8 Å². The first-order valence-corrected chi connectivity index (χ1v) is 6.28. The van der Waals surface area contributed by atoms with Crippen LogP contribution in [-0.4, -0.2) is 23.3 Å². The maximum Gasteiger partial charge on any atom is 0.412 e. The molecular formula is C13H19ClN2O3. The molecule has 0 aliphatic carbocycles. The summed E-state index contributed by atoms with van der Waals surface area (Å²) in [6.45, 7) is 5.33. The Kier molecular flexibility index (Phi) is 5.17. The molecule has 1 aromatic rings. The van der Waals surface area contributed by atoms with Crippen LogP contribution in [0, 0.1) is 0 Å². The van der Waals surface area contributed by atoms with Crippen LogP contribution in [0.3, 0.4) is 0 Å². The number of amides is 1. The Labute approximate surface area is 117 Å². The van der Waals surface area contributed by atoms with Gasteiger partial charge in [0, 0.05) is 22.8 Å². The standard InChI is InChI=1S/C13H19ClN2O3/c1-13(2,3)19-12(18)16-10-5-4-8(14)6-9(10)11(17)7-15/h4-6,11,17H,7,15H2,1-3H3,(H,16,18)/t11-/m1/s1. The molecule has 0 aliphatic heterocycles. The predicted molar refractivity (Wildman–Crippen MR) is 75.3 cm³/mol. The van der Waals surface area contributed by atoms with E-state index in [9.17, 15) is 9.90 Å². The summed E-state index contributed by atoms with van der Waals surface area (Å²) >= 11 is 5.87. The molecule has 0 aromatic heterocycles. The van der Waals surface area contributed by atoms with Crippen molar-refractivity contribution in [1.82, 2.24) is 0 Å². The highest BCUT2D eigenvalue weighted by molar-refractivity contribution is 6.30. The summed E-state index contributed by atoms with van der Waals surface area (Å²) in [5.74, 6) is 0. The van der Waals surface area contributed by atoms with Gasteiger partial charge in [0.2, 0.25) is 0 Å². The molecule has 1 aromatic carbocycles. The maximum atomic E-state index is 11.7. The summed E-state index contributed by atoms with van der Waals surface area (Å²) in [6, 6.07) is 4.77. The number of benzene rings is 1. The van der Waals surface area contributed by atoms with E-state index in [1.165, 1.54) is 0 Å². The number of aliphatic hydroxyl groups is 1. The number of nitrogens with two attached hydrogens (primary N) is 1. The largest absolute Gasteiger partial charge is 0.444 e. The molecule has 0 aliphatic rings. The second-order valence-electron chi connectivity index (χ2n) is 5.11. The first-order chi connectivity index (χ1) is 8.73. The fraction of sp³-hybridized carbons (Fsp3) is 0.462. The van der Waals surface area contributed by atoms with Gasteiger partial charge in [0.25, 0.3) is 0 Å². The van der Waals surface area contributed by atoms with E-state index in [0.717, 1.165) is 0 Å². The minimum Gasteiger partial charge on any atom is -0.444 e. The van der Waals surface area contributed by atoms with Crippen LogP contribution >= 0.6 is 11.6 Å². The van der Waals surface area contributed by atoms with Gasteiger partial charge in [0.05, 0.1) is 6.10 Å². The number of rotatable bonds is 3. The average Bonchev–Trinajstić information content (AvgIpc) is 2.28. The zero-order chi connectivity index (χ0) is 14.6. The number of hydrogen-bond acceptors (Lipinski definition) is 4. The molecule has 0 spiro atoms. The number of anilines is 1. The smallest absolute Gasteiger partial charge is 0.412 e. The van der Waals surface area contributed by atoms with E-state index >= 15 is 0 Å². The van der Waals surface area contributed by atoms with Crippen LogP contribution in [0.4, 0.5) is 10.5 Å². The second-order valence-corrected chi connectivity index (χ2v) is 5.55. The normalized spacial score (nSPS) is 12.9. The fourth-order valence-electron chi connectivity index (χ4n) is 1.46. The van der Waals surface area contributed by atoms with E-state index in [1.807, 2.05) is 0 Å². The van der Waals surface area contributed by atoms with E-state index in [4.69, 9.17) is 22.1 Å². The van der Waals surface area contributed by atoms with Gasteiger partial charge in [-0.2, -0.15) is 0 Å². The summed E-state index contributed by atoms with van der Waals surface area (Å²) < 4.78 is 5.14. The van der Waals surface area contributed by atoms with Crippen molar-refractivity contribution in [3.05, 3.63) is 28.8 Å². The molecule has 0 saturated heterocycles. The Morgan fingerprint density at radius 3 is 2.68 bits per heavy atom. The van der Waals surface area contributed by atoms with Crippen LogP contribution in [0.5, 0.6) is 0 Å². The zero-order valence-corrected chi connectivity index (χ0v) is 12.0. The van der Waals surface area contributed by atoms with E-state index in [-0.39, 0.29) is 6.54 Å². The highest BCUT2D eigenvalue weighted by Gasteiger charge is 2.19. The minimum absolute atomic E-state index is 0.0311. The first kappa shape index (κ1) is 15.8. The van der Waals surface area contributed by atoms with Crippen LogP contribution in [0.1, 0.15) is 32.4 Å². The molecule has 0 saturated carbocycles. The first-order valence-electron chi connectivity index (χ1n) is 5.90. The molecule has 1 amide bonds. The van der Waals surface area contributed by atoms with Crippen molar-refractivity contribution in [3.8, 4) is 0 Å². The van der Waals surface area contributed by atoms with Crippen molar-refractivity contribution >= 4 is 23.4 Å². The van der Waals surface area contributed by atoms with Crippen LogP contribution in [-0.2, 0) is 4.74 Å². The zero-order valence-electron chi connectivity index (χ0n) is 11.2. The molecule has 0 fully saturated rings. The van der Waals surface area contributed by atoms with E-state index in [2.05, 4.69) is 5.32 Å². The number of halogens is 1. The molecule has 6 heteroatoms. The number of aliphatic hydroxyl groups excluding tert-OH is 1. The third-order valence-electron chi connectivity index (χ3n) is 2.23. The molecule has 5 nitrogen and oxygen atoms in total. The maximum absolute atomic E-state index is 11.7. The van der Waals surface area contributed by atoms with Crippen LogP contribution in [0.25, 0.3) is 0 Å². The lowest BCUT2D eigenvalue weighted by Crippen LogP contribution is -2.28. The predicted octanol–water partition coefficient (Wildman–Crippen LogP) is 2.68. The molecule has 4 N–H and O–H groups in total. The molecule has 106 valence electrons. The third-order valence-corrected chi connectivity index (χ3v) is 2.47. The van der Waals surface area contributed by atoms with Crippen molar-refractivity contribution in [2.75, 3.05) is 11.9 Å². The number of carbonyl (C=O) groups is 1. The Morgan fingerprint density at radius 1 is 1.53 bits per heavy atom. The summed E-state index contributed by atoms with van der Waals surface area (Å²) in [5, 5.41) is 12.8. The quantitative estimate of drug-likeness (QED) is 0.797. The summed E-state index contributed by atoms with van der Waals surface area (Å²) in [4.78, 5) is 11.7. The Balaban J connectivity index is 2.91. The lowest BCUT2D eigenvalue weighted by Gasteiger charge is -2.21. The number of ether oxygens (including phenoxy) is 1. The third kappa shape index (κ3) is 5.06. The topological polar surface area (TPSA) is 84.6 Å². The van der Waals surface area contributed by atoms with Crippen molar-refractivity contribution in [2.24, 2.45) is 5.73 Å². The van der Waals surface area contributed by atoms with Crippen molar-refractivity contribution in [2.45, 2.75) is 32.5 Å². The average molecular weight is 287 g/mol. The van der Waals surface area contributed by atoms with Gasteiger partial charge in [-0.3, -0.25) is 5.32 Å². The lowest BCUT2D eigenvalue weighted by atomic mass is 10.1. The van der Waals surface area contributed by atoms with Gasteiger partial charge in [0.15, 0.2) is 0 Å². The molecule has 0 radical (unpaired) electrons. The van der Waals surface area contributed by atoms with Crippen molar-refractivity contribution in [3.63, 3.8) is 0 Å². The van der Waals surface area contributed by atoms with Crippen LogP contribution in [0.15, 0.2) is 18.2 Å². The number of nitrogens with one attached hydrogen (secondary N) is 1. The van der Waals surface area contributed by atoms with Crippen molar-refractivity contribution < 1.29 is 14.6 Å². The van der Waals surface area contributed by atoms with Gasteiger partial charge in [-0.15, -0.1) is 0 Å². The molecule has 1 atom stereocenters. The van der Waals surface area contributed by atoms with Gasteiger partial charge in [-0.25, -0.2) is 4.79 Å². The molecule has 19 heavy (non-hydrogen) atoms. The number of hydrogen-bond donors (Lipinski definition) is 3. The molecule has 0 heterocycles. The Morgan fingerprint density at radius 2 is 2.16 bits per heavy atom. The SMILES string of the molecule is CC(C)(C)OC(=O)Nc1ccc(Cl)cc1[C@H](O)CN. The van der Waals surface area contributed by atoms with Gasteiger partial charge >= 0.3 is 6.09 Å². The van der Waals surface area contributed by atoms with E-state index in [1.54, 1.807) is 39.0 Å². The highest BCUT2D eigenvalue weighted by atomic mass is 35.5. The summed E-state index contributed by atoms with van der Waals surface area (Å²) in [5.41, 5.74) is 5.71. The van der Waals surface area contributed by atoms with Crippen LogP contribution in [0.2, 0.25) is 5.02 Å². The minimum atomic E-state index is -0.899. The Hall–Kier alpha value is -1.30. The molecule has 0 bridgehead atoms. The van der Waals surface area contributed by atoms with Gasteiger partial charge < -0.3 is 15.6 Å². The van der Waals surface area contributed by atoms with E-state index in [0.29, 0.717) is 16.3 Å². The Bertz CT molecular complexity index is 458. The van der Waals surface area contributed by atoms with Gasteiger partial charge in [-0.1, -0.05) is 11.6 Å². The molecule has 0 unspecified atom stereocenters. The fourth-order valence-corrected chi connectivity index (χ4v) is 1.64. The summed E-state index contributed by atoms with van der Waals surface area (Å²) in [7, 11) is 0. The van der Waals surface area contributed by atoms with Crippen molar-refractivity contribution in [1.29, 1.82) is 0 Å². The number of carbonyl (C=O) groups excluding carboxylic acids is 1. The highest BCUT2D eigenvalue weighted by Crippen LogP contribution is 2.26. The lowest BCUT2D eigenvalue weighted by molar-refractivity contribution is 0.0635. The second kappa shape index (κ2) is 6.23. The van der Waals surface area contributed by atoms with Gasteiger partial charge in [-0.05, 0) is 39.0 Å². The molecule has 1 rings (SSSR count).